The number of nitrogens with zero attached hydrogens (tertiary/aromatic N) is 1. The molecule has 0 atom stereocenters. The second kappa shape index (κ2) is 7.28. The van der Waals surface area contributed by atoms with E-state index in [1.807, 2.05) is 13.1 Å². The molecule has 1 aromatic carbocycles. The van der Waals surface area contributed by atoms with E-state index >= 15 is 0 Å². The van der Waals surface area contributed by atoms with E-state index in [0.29, 0.717) is 0 Å². The summed E-state index contributed by atoms with van der Waals surface area (Å²) in [5.41, 5.74) is 1.39. The number of rotatable bonds is 1. The largest absolute Gasteiger partial charge is 0.432 e. The monoisotopic (exact) mass is 293 g/mol. The minimum atomic E-state index is -1.86. The number of piperidine rings is 1. The predicted octanol–water partition coefficient (Wildman–Crippen LogP) is 4.66. The van der Waals surface area contributed by atoms with Crippen LogP contribution in [0.25, 0.3) is 0 Å². The molecular weight excluding hydrogens is 262 g/mol. The molecule has 1 fully saturated rings. The van der Waals surface area contributed by atoms with Gasteiger partial charge in [-0.15, -0.1) is 0 Å². The van der Waals surface area contributed by atoms with Crippen molar-refractivity contribution in [3.05, 3.63) is 30.3 Å². The maximum atomic E-state index is 9.49. The summed E-state index contributed by atoms with van der Waals surface area (Å²) in [7, 11) is -1.86. The van der Waals surface area contributed by atoms with Crippen molar-refractivity contribution in [2.75, 3.05) is 18.0 Å². The minimum absolute atomic E-state index is 0.132. The summed E-state index contributed by atoms with van der Waals surface area (Å²) in [5.74, 6) is 0. The second-order valence-electron chi connectivity index (χ2n) is 7.19. The van der Waals surface area contributed by atoms with Gasteiger partial charge in [0, 0.05) is 18.8 Å². The van der Waals surface area contributed by atoms with Gasteiger partial charge in [0.15, 0.2) is 8.32 Å². The van der Waals surface area contributed by atoms with E-state index in [0.717, 1.165) is 0 Å². The molecule has 0 bridgehead atoms. The van der Waals surface area contributed by atoms with Gasteiger partial charge in [0.05, 0.1) is 0 Å². The van der Waals surface area contributed by atoms with Crippen LogP contribution in [0.15, 0.2) is 30.3 Å². The highest BCUT2D eigenvalue weighted by atomic mass is 28.4. The van der Waals surface area contributed by atoms with Crippen molar-refractivity contribution in [1.29, 1.82) is 0 Å². The van der Waals surface area contributed by atoms with E-state index in [1.54, 1.807) is 0 Å². The van der Waals surface area contributed by atoms with Crippen LogP contribution in [0.4, 0.5) is 5.69 Å². The summed E-state index contributed by atoms with van der Waals surface area (Å²) >= 11 is 0. The number of hydrogen-bond donors (Lipinski definition) is 1. The third-order valence-electron chi connectivity index (χ3n) is 4.31. The van der Waals surface area contributed by atoms with Gasteiger partial charge in [-0.25, -0.2) is 0 Å². The molecular formula is C17H31NOSi. The molecule has 20 heavy (non-hydrogen) atoms. The summed E-state index contributed by atoms with van der Waals surface area (Å²) in [6.45, 7) is 12.7. The van der Waals surface area contributed by atoms with E-state index in [-0.39, 0.29) is 5.04 Å². The molecule has 1 saturated heterocycles. The van der Waals surface area contributed by atoms with Gasteiger partial charge in [0.25, 0.3) is 0 Å². The molecule has 1 heterocycles. The Hall–Kier alpha value is -0.803. The highest BCUT2D eigenvalue weighted by Gasteiger charge is 2.32. The fourth-order valence-electron chi connectivity index (χ4n) is 1.79. The molecule has 114 valence electrons. The lowest BCUT2D eigenvalue weighted by Crippen LogP contribution is -2.36. The van der Waals surface area contributed by atoms with Crippen LogP contribution in [-0.4, -0.2) is 26.2 Å². The molecule has 0 unspecified atom stereocenters. The molecule has 2 rings (SSSR count). The molecule has 0 amide bonds. The zero-order valence-corrected chi connectivity index (χ0v) is 14.8. The summed E-state index contributed by atoms with van der Waals surface area (Å²) < 4.78 is 0. The van der Waals surface area contributed by atoms with Gasteiger partial charge in [0.2, 0.25) is 0 Å². The van der Waals surface area contributed by atoms with Crippen LogP contribution in [0.3, 0.4) is 0 Å². The highest BCUT2D eigenvalue weighted by molar-refractivity contribution is 6.72. The predicted molar refractivity (Wildman–Crippen MR) is 91.9 cm³/mol. The Morgan fingerprint density at radius 2 is 1.40 bits per heavy atom. The van der Waals surface area contributed by atoms with Crippen LogP contribution < -0.4 is 4.90 Å². The van der Waals surface area contributed by atoms with Crippen LogP contribution in [0.1, 0.15) is 40.0 Å². The lowest BCUT2D eigenvalue weighted by Gasteiger charge is -2.30. The molecule has 1 aliphatic rings. The molecule has 0 spiro atoms. The average molecular weight is 294 g/mol. The lowest BCUT2D eigenvalue weighted by molar-refractivity contribution is 0.487. The van der Waals surface area contributed by atoms with Gasteiger partial charge >= 0.3 is 0 Å². The number of para-hydroxylation sites is 1. The second-order valence-corrected chi connectivity index (χ2v) is 11.8. The zero-order valence-electron chi connectivity index (χ0n) is 13.8. The third kappa shape index (κ3) is 5.67. The maximum absolute atomic E-state index is 9.49. The first-order valence-corrected chi connectivity index (χ1v) is 10.7. The third-order valence-corrected chi connectivity index (χ3v) is 7.98. The topological polar surface area (TPSA) is 23.5 Å². The SMILES string of the molecule is CC(C)(C)[Si](C)(C)O.c1ccc(N2CCCCC2)cc1. The molecule has 0 aromatic heterocycles. The normalized spacial score (nSPS) is 16.4. The standard InChI is InChI=1S/C11H15N.C6H16OSi/c1-3-7-11(8-4-1)12-9-5-2-6-10-12;1-6(2,3)8(4,5)7/h1,3-4,7-8H,2,5-6,9-10H2;7H,1-5H3. The Bertz CT molecular complexity index is 360. The summed E-state index contributed by atoms with van der Waals surface area (Å²) in [6, 6.07) is 10.7. The van der Waals surface area contributed by atoms with E-state index in [4.69, 9.17) is 0 Å². The van der Waals surface area contributed by atoms with Crippen molar-refractivity contribution in [1.82, 2.24) is 0 Å². The Labute approximate surface area is 126 Å². The Balaban J connectivity index is 0.000000221. The Morgan fingerprint density at radius 3 is 1.80 bits per heavy atom. The molecule has 1 aromatic rings. The van der Waals surface area contributed by atoms with Crippen molar-refractivity contribution in [2.24, 2.45) is 0 Å². The summed E-state index contributed by atoms with van der Waals surface area (Å²) in [5, 5.41) is 0.132. The highest BCUT2D eigenvalue weighted by Crippen LogP contribution is 2.33. The first-order valence-electron chi connectivity index (χ1n) is 7.74. The van der Waals surface area contributed by atoms with Crippen LogP contribution in [0.5, 0.6) is 0 Å². The number of hydrogen-bond acceptors (Lipinski definition) is 2. The van der Waals surface area contributed by atoms with Crippen molar-refractivity contribution in [2.45, 2.75) is 58.2 Å². The number of benzene rings is 1. The van der Waals surface area contributed by atoms with Crippen LogP contribution in [0.2, 0.25) is 18.1 Å². The smallest absolute Gasteiger partial charge is 0.187 e. The van der Waals surface area contributed by atoms with E-state index in [1.165, 1.54) is 38.0 Å². The quantitative estimate of drug-likeness (QED) is 0.761. The molecule has 2 nitrogen and oxygen atoms in total. The van der Waals surface area contributed by atoms with Gasteiger partial charge in [-0.2, -0.15) is 0 Å². The van der Waals surface area contributed by atoms with Crippen molar-refractivity contribution < 1.29 is 4.80 Å². The molecule has 0 radical (unpaired) electrons. The van der Waals surface area contributed by atoms with Crippen molar-refractivity contribution in [3.63, 3.8) is 0 Å². The first kappa shape index (κ1) is 17.2. The fourth-order valence-corrected chi connectivity index (χ4v) is 1.79. The van der Waals surface area contributed by atoms with E-state index < -0.39 is 8.32 Å². The van der Waals surface area contributed by atoms with E-state index in [9.17, 15) is 4.80 Å². The zero-order chi connectivity index (χ0) is 15.2. The molecule has 3 heteroatoms. The van der Waals surface area contributed by atoms with Crippen LogP contribution >= 0.6 is 0 Å². The first-order chi connectivity index (χ1) is 9.22. The maximum Gasteiger partial charge on any atom is 0.187 e. The van der Waals surface area contributed by atoms with Crippen molar-refractivity contribution >= 4 is 14.0 Å². The van der Waals surface area contributed by atoms with Gasteiger partial charge in [-0.1, -0.05) is 39.0 Å². The van der Waals surface area contributed by atoms with E-state index in [2.05, 4.69) is 56.0 Å². The fraction of sp³-hybridized carbons (Fsp3) is 0.647. The van der Waals surface area contributed by atoms with Gasteiger partial charge in [-0.05, 0) is 49.5 Å². The molecule has 1 aliphatic heterocycles. The van der Waals surface area contributed by atoms with Crippen LogP contribution in [0, 0.1) is 0 Å². The van der Waals surface area contributed by atoms with Gasteiger partial charge < -0.3 is 9.70 Å². The van der Waals surface area contributed by atoms with Gasteiger partial charge in [-0.3, -0.25) is 0 Å². The van der Waals surface area contributed by atoms with Crippen molar-refractivity contribution in [3.8, 4) is 0 Å². The molecule has 1 N–H and O–H groups in total. The van der Waals surface area contributed by atoms with Crippen LogP contribution in [-0.2, 0) is 0 Å². The Morgan fingerprint density at radius 1 is 0.950 bits per heavy atom. The average Bonchev–Trinajstić information content (AvgIpc) is 2.39. The summed E-state index contributed by atoms with van der Waals surface area (Å²) in [4.78, 5) is 12.0. The summed E-state index contributed by atoms with van der Waals surface area (Å²) in [6.07, 6.45) is 4.12. The van der Waals surface area contributed by atoms with Gasteiger partial charge in [0.1, 0.15) is 0 Å². The number of anilines is 1. The lowest BCUT2D eigenvalue weighted by atomic mass is 10.1. The minimum Gasteiger partial charge on any atom is -0.432 e. The Kier molecular flexibility index (Phi) is 6.27. The molecule has 0 saturated carbocycles. The molecule has 0 aliphatic carbocycles.